The summed E-state index contributed by atoms with van der Waals surface area (Å²) in [7, 11) is -2.42. The first-order valence-electron chi connectivity index (χ1n) is 9.18. The van der Waals surface area contributed by atoms with Crippen LogP contribution in [0.15, 0.2) is 58.4 Å². The molecule has 4 nitrogen and oxygen atoms in total. The molecule has 0 bridgehead atoms. The number of hydrogen-bond donors (Lipinski definition) is 1. The van der Waals surface area contributed by atoms with Crippen LogP contribution in [0.1, 0.15) is 25.0 Å². The molecule has 0 aliphatic carbocycles. The molecule has 0 saturated heterocycles. The Morgan fingerprint density at radius 1 is 1.10 bits per heavy atom. The quantitative estimate of drug-likeness (QED) is 0.650. The number of hydrogen-bond acceptors (Lipinski definition) is 4. The Kier molecular flexibility index (Phi) is 7.26. The summed E-state index contributed by atoms with van der Waals surface area (Å²) >= 11 is 0. The van der Waals surface area contributed by atoms with Crippen molar-refractivity contribution in [3.63, 3.8) is 0 Å². The van der Waals surface area contributed by atoms with Crippen molar-refractivity contribution in [2.45, 2.75) is 31.5 Å². The number of rotatable bonds is 6. The second-order valence-corrected chi connectivity index (χ2v) is 9.18. The Bertz CT molecular complexity index is 1070. The fourth-order valence-corrected chi connectivity index (χ4v) is 4.02. The minimum atomic E-state index is -4.54. The van der Waals surface area contributed by atoms with E-state index in [0.717, 1.165) is 19.4 Å². The SMILES string of the molecule is CN=C(/C=C(/c1ccc(-c2ccc(CO)c(S(C)(=O)=O)c2)cc1)C(C)C)C(F)(F)F. The molecule has 2 rings (SSSR count). The van der Waals surface area contributed by atoms with Crippen LogP contribution >= 0.6 is 0 Å². The third-order valence-corrected chi connectivity index (χ3v) is 5.81. The van der Waals surface area contributed by atoms with E-state index in [-0.39, 0.29) is 10.8 Å². The highest BCUT2D eigenvalue weighted by Crippen LogP contribution is 2.30. The van der Waals surface area contributed by atoms with Gasteiger partial charge in [0.25, 0.3) is 0 Å². The number of benzene rings is 2. The summed E-state index contributed by atoms with van der Waals surface area (Å²) in [5, 5.41) is 9.38. The van der Waals surface area contributed by atoms with E-state index in [9.17, 15) is 26.7 Å². The third-order valence-electron chi connectivity index (χ3n) is 4.63. The molecule has 0 aliphatic heterocycles. The van der Waals surface area contributed by atoms with Crippen LogP contribution in [0.2, 0.25) is 0 Å². The predicted octanol–water partition coefficient (Wildman–Crippen LogP) is 4.92. The maximum absolute atomic E-state index is 13.1. The van der Waals surface area contributed by atoms with Crippen LogP contribution in [0.25, 0.3) is 16.7 Å². The zero-order chi connectivity index (χ0) is 22.7. The van der Waals surface area contributed by atoms with Crippen molar-refractivity contribution in [3.05, 3.63) is 59.7 Å². The highest BCUT2D eigenvalue weighted by Gasteiger charge is 2.34. The molecule has 0 amide bonds. The second-order valence-electron chi connectivity index (χ2n) is 7.19. The number of sulfone groups is 1. The molecule has 0 atom stereocenters. The molecule has 0 heterocycles. The van der Waals surface area contributed by atoms with Crippen molar-refractivity contribution in [2.75, 3.05) is 13.3 Å². The van der Waals surface area contributed by atoms with E-state index in [1.54, 1.807) is 50.2 Å². The van der Waals surface area contributed by atoms with Gasteiger partial charge >= 0.3 is 6.18 Å². The Balaban J connectivity index is 2.50. The van der Waals surface area contributed by atoms with Gasteiger partial charge in [0.05, 0.1) is 11.5 Å². The molecule has 162 valence electrons. The zero-order valence-electron chi connectivity index (χ0n) is 17.2. The van der Waals surface area contributed by atoms with Gasteiger partial charge in [-0.1, -0.05) is 50.2 Å². The largest absolute Gasteiger partial charge is 0.432 e. The summed E-state index contributed by atoms with van der Waals surface area (Å²) in [5.74, 6) is -0.171. The molecule has 0 saturated carbocycles. The smallest absolute Gasteiger partial charge is 0.392 e. The molecule has 0 aliphatic rings. The lowest BCUT2D eigenvalue weighted by molar-refractivity contribution is -0.0577. The van der Waals surface area contributed by atoms with Crippen molar-refractivity contribution in [2.24, 2.45) is 10.9 Å². The average Bonchev–Trinajstić information content (AvgIpc) is 2.66. The molecule has 0 aromatic heterocycles. The van der Waals surface area contributed by atoms with E-state index in [1.807, 2.05) is 0 Å². The number of allylic oxidation sites excluding steroid dienone is 2. The van der Waals surface area contributed by atoms with Crippen molar-refractivity contribution in [1.82, 2.24) is 0 Å². The van der Waals surface area contributed by atoms with Gasteiger partial charge in [-0.2, -0.15) is 13.2 Å². The average molecular weight is 439 g/mol. The van der Waals surface area contributed by atoms with Gasteiger partial charge in [-0.05, 0) is 45.9 Å². The number of alkyl halides is 3. The summed E-state index contributed by atoms with van der Waals surface area (Å²) in [6, 6.07) is 11.6. The second kappa shape index (κ2) is 9.14. The molecule has 2 aromatic rings. The molecule has 0 radical (unpaired) electrons. The topological polar surface area (TPSA) is 66.7 Å². The summed E-state index contributed by atoms with van der Waals surface area (Å²) in [5.41, 5.74) is 1.80. The summed E-state index contributed by atoms with van der Waals surface area (Å²) in [4.78, 5) is 3.40. The van der Waals surface area contributed by atoms with Crippen molar-refractivity contribution < 1.29 is 26.7 Å². The van der Waals surface area contributed by atoms with Crippen molar-refractivity contribution in [1.29, 1.82) is 0 Å². The van der Waals surface area contributed by atoms with E-state index < -0.39 is 28.3 Å². The third kappa shape index (κ3) is 5.58. The fourth-order valence-electron chi connectivity index (χ4n) is 3.07. The van der Waals surface area contributed by atoms with Gasteiger partial charge in [-0.25, -0.2) is 8.42 Å². The Morgan fingerprint density at radius 2 is 1.67 bits per heavy atom. The first-order chi connectivity index (χ1) is 13.9. The van der Waals surface area contributed by atoms with Crippen LogP contribution in [0.3, 0.4) is 0 Å². The normalized spacial score (nSPS) is 13.8. The minimum absolute atomic E-state index is 0.0447. The molecule has 2 aromatic carbocycles. The zero-order valence-corrected chi connectivity index (χ0v) is 18.0. The Labute approximate surface area is 174 Å². The number of nitrogens with zero attached hydrogens (tertiary/aromatic N) is 1. The molecule has 8 heteroatoms. The van der Waals surface area contributed by atoms with Gasteiger partial charge in [0.1, 0.15) is 5.71 Å². The summed E-state index contributed by atoms with van der Waals surface area (Å²) in [6.07, 6.45) is -2.41. The van der Waals surface area contributed by atoms with E-state index in [0.29, 0.717) is 27.8 Å². The maximum Gasteiger partial charge on any atom is 0.432 e. The highest BCUT2D eigenvalue weighted by atomic mass is 32.2. The fraction of sp³-hybridized carbons (Fsp3) is 0.318. The molecule has 30 heavy (non-hydrogen) atoms. The van der Waals surface area contributed by atoms with E-state index in [4.69, 9.17) is 0 Å². The van der Waals surface area contributed by atoms with Crippen molar-refractivity contribution >= 4 is 21.1 Å². The maximum atomic E-state index is 13.1. The van der Waals surface area contributed by atoms with Crippen LogP contribution < -0.4 is 0 Å². The molecule has 0 spiro atoms. The lowest BCUT2D eigenvalue weighted by atomic mass is 9.92. The van der Waals surface area contributed by atoms with Gasteiger partial charge in [-0.15, -0.1) is 0 Å². The van der Waals surface area contributed by atoms with Gasteiger partial charge in [-0.3, -0.25) is 4.99 Å². The molecule has 1 N–H and O–H groups in total. The van der Waals surface area contributed by atoms with Crippen molar-refractivity contribution in [3.8, 4) is 11.1 Å². The Morgan fingerprint density at radius 3 is 2.10 bits per heavy atom. The van der Waals surface area contributed by atoms with Crippen LogP contribution in [-0.4, -0.2) is 38.7 Å². The van der Waals surface area contributed by atoms with Crippen LogP contribution in [0.4, 0.5) is 13.2 Å². The number of aliphatic hydroxyl groups excluding tert-OH is 1. The molecule has 0 unspecified atom stereocenters. The minimum Gasteiger partial charge on any atom is -0.392 e. The summed E-state index contributed by atoms with van der Waals surface area (Å²) in [6.45, 7) is 3.20. The van der Waals surface area contributed by atoms with Gasteiger partial charge in [0.15, 0.2) is 9.84 Å². The van der Waals surface area contributed by atoms with E-state index >= 15 is 0 Å². The lowest BCUT2D eigenvalue weighted by Crippen LogP contribution is -2.21. The highest BCUT2D eigenvalue weighted by molar-refractivity contribution is 7.90. The van der Waals surface area contributed by atoms with Gasteiger partial charge in [0, 0.05) is 13.3 Å². The van der Waals surface area contributed by atoms with Crippen LogP contribution in [0, 0.1) is 5.92 Å². The van der Waals surface area contributed by atoms with E-state index in [2.05, 4.69) is 4.99 Å². The van der Waals surface area contributed by atoms with Crippen LogP contribution in [0.5, 0.6) is 0 Å². The predicted molar refractivity (Wildman–Crippen MR) is 113 cm³/mol. The Hall–Kier alpha value is -2.45. The number of aliphatic hydroxyl groups is 1. The monoisotopic (exact) mass is 439 g/mol. The van der Waals surface area contributed by atoms with Gasteiger partial charge < -0.3 is 5.11 Å². The van der Waals surface area contributed by atoms with Crippen LogP contribution in [-0.2, 0) is 16.4 Å². The van der Waals surface area contributed by atoms with Gasteiger partial charge in [0.2, 0.25) is 0 Å². The van der Waals surface area contributed by atoms with E-state index in [1.165, 1.54) is 6.07 Å². The molecule has 0 fully saturated rings. The molecular weight excluding hydrogens is 415 g/mol. The first-order valence-corrected chi connectivity index (χ1v) is 11.1. The lowest BCUT2D eigenvalue weighted by Gasteiger charge is -2.15. The number of aliphatic imine (C=N–C) groups is 1. The summed E-state index contributed by atoms with van der Waals surface area (Å²) < 4.78 is 63.3. The first kappa shape index (κ1) is 23.8. The standard InChI is InChI=1S/C22H24F3NO3S/c1-14(2)19(12-21(26-3)22(23,24)25)16-7-5-15(6-8-16)17-9-10-18(13-27)20(11-17)30(4,28)29/h5-12,14,27H,13H2,1-4H3/b19-12+,26-21?. The number of halogens is 3. The molecular formula is C22H24F3NO3S.